The lowest BCUT2D eigenvalue weighted by Gasteiger charge is -2.23. The average Bonchev–Trinajstić information content (AvgIpc) is 2.70. The third-order valence-corrected chi connectivity index (χ3v) is 4.00. The highest BCUT2D eigenvalue weighted by Crippen LogP contribution is 2.30. The van der Waals surface area contributed by atoms with Gasteiger partial charge in [-0.15, -0.1) is 0 Å². The largest absolute Gasteiger partial charge is 0.312 e. The number of amides is 1. The van der Waals surface area contributed by atoms with Gasteiger partial charge in [-0.05, 0) is 34.8 Å². The van der Waals surface area contributed by atoms with Crippen molar-refractivity contribution in [3.05, 3.63) is 29.8 Å². The number of anilines is 1. The Labute approximate surface area is 115 Å². The first-order chi connectivity index (χ1) is 8.41. The summed E-state index contributed by atoms with van der Waals surface area (Å²) >= 11 is 4.30. The van der Waals surface area contributed by atoms with Gasteiger partial charge in [0.1, 0.15) is 0 Å². The van der Waals surface area contributed by atoms with Crippen molar-refractivity contribution in [2.75, 3.05) is 17.2 Å². The summed E-state index contributed by atoms with van der Waals surface area (Å²) in [7, 11) is 0. The average molecular weight is 263 g/mol. The van der Waals surface area contributed by atoms with Gasteiger partial charge < -0.3 is 4.90 Å². The Morgan fingerprint density at radius 2 is 2.11 bits per heavy atom. The number of carbonyl (C=O) groups is 1. The summed E-state index contributed by atoms with van der Waals surface area (Å²) in [6, 6.07) is 8.32. The second-order valence-electron chi connectivity index (χ2n) is 6.06. The number of benzene rings is 1. The molecule has 1 unspecified atom stereocenters. The number of hydrogen-bond donors (Lipinski definition) is 1. The van der Waals surface area contributed by atoms with Gasteiger partial charge in [-0.2, -0.15) is 12.6 Å². The quantitative estimate of drug-likeness (QED) is 0.812. The van der Waals surface area contributed by atoms with Crippen LogP contribution in [-0.2, 0) is 10.2 Å². The zero-order valence-electron chi connectivity index (χ0n) is 11.3. The summed E-state index contributed by atoms with van der Waals surface area (Å²) < 4.78 is 0. The van der Waals surface area contributed by atoms with E-state index in [1.807, 2.05) is 17.0 Å². The predicted molar refractivity (Wildman–Crippen MR) is 79.5 cm³/mol. The van der Waals surface area contributed by atoms with E-state index >= 15 is 0 Å². The number of carbonyl (C=O) groups excluding carboxylic acids is 1. The van der Waals surface area contributed by atoms with Crippen LogP contribution in [-0.4, -0.2) is 18.2 Å². The van der Waals surface area contributed by atoms with Crippen LogP contribution in [0.5, 0.6) is 0 Å². The molecule has 18 heavy (non-hydrogen) atoms. The fourth-order valence-corrected chi connectivity index (χ4v) is 2.54. The van der Waals surface area contributed by atoms with Gasteiger partial charge in [0, 0.05) is 18.7 Å². The van der Waals surface area contributed by atoms with Crippen molar-refractivity contribution in [3.63, 3.8) is 0 Å². The van der Waals surface area contributed by atoms with Crippen molar-refractivity contribution in [2.45, 2.75) is 32.6 Å². The first-order valence-corrected chi connectivity index (χ1v) is 7.07. The van der Waals surface area contributed by atoms with E-state index in [0.29, 0.717) is 12.3 Å². The third-order valence-electron chi connectivity index (χ3n) is 3.49. The molecule has 1 aromatic carbocycles. The Bertz CT molecular complexity index is 450. The van der Waals surface area contributed by atoms with Gasteiger partial charge in [-0.3, -0.25) is 4.79 Å². The Morgan fingerprint density at radius 3 is 2.67 bits per heavy atom. The third kappa shape index (κ3) is 2.72. The van der Waals surface area contributed by atoms with Crippen molar-refractivity contribution in [2.24, 2.45) is 5.92 Å². The Hall–Kier alpha value is -0.960. The number of nitrogens with zero attached hydrogens (tertiary/aromatic N) is 1. The van der Waals surface area contributed by atoms with Gasteiger partial charge in [0.2, 0.25) is 5.91 Å². The SMILES string of the molecule is CC(C)(C)c1cccc(N2CC(CS)CC2=O)c1. The number of thiol groups is 1. The van der Waals surface area contributed by atoms with Crippen molar-refractivity contribution in [1.82, 2.24) is 0 Å². The van der Waals surface area contributed by atoms with Crippen molar-refractivity contribution < 1.29 is 4.79 Å². The van der Waals surface area contributed by atoms with Crippen LogP contribution in [0.15, 0.2) is 24.3 Å². The molecule has 0 bridgehead atoms. The first kappa shape index (κ1) is 13.5. The van der Waals surface area contributed by atoms with Crippen LogP contribution in [0.4, 0.5) is 5.69 Å². The molecular formula is C15H21NOS. The zero-order chi connectivity index (χ0) is 13.3. The maximum Gasteiger partial charge on any atom is 0.227 e. The normalized spacial score (nSPS) is 20.6. The molecular weight excluding hydrogens is 242 g/mol. The summed E-state index contributed by atoms with van der Waals surface area (Å²) in [4.78, 5) is 13.9. The minimum Gasteiger partial charge on any atom is -0.312 e. The summed E-state index contributed by atoms with van der Waals surface area (Å²) in [6.07, 6.45) is 0.628. The van der Waals surface area contributed by atoms with Crippen molar-refractivity contribution in [1.29, 1.82) is 0 Å². The second-order valence-corrected chi connectivity index (χ2v) is 6.42. The van der Waals surface area contributed by atoms with Gasteiger partial charge in [0.15, 0.2) is 0 Å². The van der Waals surface area contributed by atoms with Crippen LogP contribution < -0.4 is 4.90 Å². The molecule has 1 amide bonds. The summed E-state index contributed by atoms with van der Waals surface area (Å²) in [5, 5.41) is 0. The van der Waals surface area contributed by atoms with Crippen LogP contribution in [0, 0.1) is 5.92 Å². The van der Waals surface area contributed by atoms with Gasteiger partial charge in [-0.25, -0.2) is 0 Å². The van der Waals surface area contributed by atoms with Crippen molar-refractivity contribution in [3.8, 4) is 0 Å². The molecule has 0 saturated carbocycles. The lowest BCUT2D eigenvalue weighted by atomic mass is 9.87. The molecule has 1 aromatic rings. The lowest BCUT2D eigenvalue weighted by molar-refractivity contribution is -0.117. The Kier molecular flexibility index (Phi) is 3.71. The summed E-state index contributed by atoms with van der Waals surface area (Å²) in [6.45, 7) is 7.37. The Balaban J connectivity index is 2.27. The Morgan fingerprint density at radius 1 is 1.39 bits per heavy atom. The molecule has 1 heterocycles. The van der Waals surface area contributed by atoms with Crippen LogP contribution in [0.2, 0.25) is 0 Å². The molecule has 0 aliphatic carbocycles. The molecule has 2 rings (SSSR count). The van der Waals surface area contributed by atoms with Gasteiger partial charge in [0.25, 0.3) is 0 Å². The smallest absolute Gasteiger partial charge is 0.227 e. The molecule has 1 atom stereocenters. The highest BCUT2D eigenvalue weighted by atomic mass is 32.1. The van der Waals surface area contributed by atoms with Crippen LogP contribution in [0.1, 0.15) is 32.8 Å². The van der Waals surface area contributed by atoms with Gasteiger partial charge in [0.05, 0.1) is 0 Å². The molecule has 0 radical (unpaired) electrons. The van der Waals surface area contributed by atoms with E-state index < -0.39 is 0 Å². The van der Waals surface area contributed by atoms with Gasteiger partial charge >= 0.3 is 0 Å². The van der Waals surface area contributed by atoms with Crippen molar-refractivity contribution >= 4 is 24.2 Å². The summed E-state index contributed by atoms with van der Waals surface area (Å²) in [5.74, 6) is 1.39. The lowest BCUT2D eigenvalue weighted by Crippen LogP contribution is -2.25. The molecule has 1 aliphatic heterocycles. The maximum atomic E-state index is 12.0. The van der Waals surface area contributed by atoms with E-state index in [2.05, 4.69) is 45.5 Å². The van der Waals surface area contributed by atoms with Crippen LogP contribution in [0.3, 0.4) is 0 Å². The first-order valence-electron chi connectivity index (χ1n) is 6.43. The topological polar surface area (TPSA) is 20.3 Å². The maximum absolute atomic E-state index is 12.0. The summed E-state index contributed by atoms with van der Waals surface area (Å²) in [5.41, 5.74) is 2.40. The van der Waals surface area contributed by atoms with E-state index in [4.69, 9.17) is 0 Å². The van der Waals surface area contributed by atoms with Crippen LogP contribution in [0.25, 0.3) is 0 Å². The van der Waals surface area contributed by atoms with E-state index in [1.54, 1.807) is 0 Å². The number of rotatable bonds is 2. The fraction of sp³-hybridized carbons (Fsp3) is 0.533. The molecule has 3 heteroatoms. The minimum absolute atomic E-state index is 0.113. The molecule has 1 fully saturated rings. The molecule has 0 N–H and O–H groups in total. The van der Waals surface area contributed by atoms with E-state index in [1.165, 1.54) is 5.56 Å². The minimum atomic E-state index is 0.113. The molecule has 1 saturated heterocycles. The second kappa shape index (κ2) is 4.96. The fourth-order valence-electron chi connectivity index (χ4n) is 2.29. The molecule has 98 valence electrons. The molecule has 0 spiro atoms. The van der Waals surface area contributed by atoms with E-state index in [9.17, 15) is 4.79 Å². The number of hydrogen-bond acceptors (Lipinski definition) is 2. The molecule has 0 aromatic heterocycles. The van der Waals surface area contributed by atoms with E-state index in [0.717, 1.165) is 18.0 Å². The predicted octanol–water partition coefficient (Wildman–Crippen LogP) is 3.27. The zero-order valence-corrected chi connectivity index (χ0v) is 12.2. The molecule has 1 aliphatic rings. The monoisotopic (exact) mass is 263 g/mol. The van der Waals surface area contributed by atoms with E-state index in [-0.39, 0.29) is 11.3 Å². The standard InChI is InChI=1S/C15H21NOS/c1-15(2,3)12-5-4-6-13(8-12)16-9-11(10-18)7-14(16)17/h4-6,8,11,18H,7,9-10H2,1-3H3. The van der Waals surface area contributed by atoms with Gasteiger partial charge in [-0.1, -0.05) is 32.9 Å². The van der Waals surface area contributed by atoms with Crippen LogP contribution >= 0.6 is 12.6 Å². The molecule has 2 nitrogen and oxygen atoms in total. The highest BCUT2D eigenvalue weighted by Gasteiger charge is 2.30. The highest BCUT2D eigenvalue weighted by molar-refractivity contribution is 7.80.